The van der Waals surface area contributed by atoms with Crippen molar-refractivity contribution in [2.75, 3.05) is 0 Å². The Morgan fingerprint density at radius 3 is 2.61 bits per heavy atom. The molecule has 0 N–H and O–H groups in total. The van der Waals surface area contributed by atoms with Gasteiger partial charge in [-0.1, -0.05) is 16.9 Å². The maximum atomic E-state index is 12.9. The number of aromatic nitrogens is 4. The van der Waals surface area contributed by atoms with E-state index in [-0.39, 0.29) is 11.6 Å². The van der Waals surface area contributed by atoms with E-state index in [9.17, 15) is 4.79 Å². The Morgan fingerprint density at radius 2 is 2.00 bits per heavy atom. The molecule has 0 unspecified atom stereocenters. The van der Waals surface area contributed by atoms with Crippen LogP contribution in [-0.2, 0) is 5.75 Å². The van der Waals surface area contributed by atoms with Crippen molar-refractivity contribution in [1.29, 1.82) is 0 Å². The summed E-state index contributed by atoms with van der Waals surface area (Å²) in [6.07, 6.45) is 0. The first-order valence-corrected chi connectivity index (χ1v) is 9.13. The minimum Gasteiger partial charge on any atom is -0.338 e. The Balaban J connectivity index is 2.07. The summed E-state index contributed by atoms with van der Waals surface area (Å²) in [6.45, 7) is 9.77. The van der Waals surface area contributed by atoms with Crippen LogP contribution in [0.1, 0.15) is 42.0 Å². The Morgan fingerprint density at radius 1 is 1.26 bits per heavy atom. The third kappa shape index (κ3) is 2.92. The molecule has 3 heterocycles. The second-order valence-corrected chi connectivity index (χ2v) is 7.80. The van der Waals surface area contributed by atoms with Crippen LogP contribution in [0.25, 0.3) is 10.2 Å². The number of fused-ring (bicyclic) bond motifs is 1. The van der Waals surface area contributed by atoms with E-state index in [4.69, 9.17) is 9.51 Å². The molecule has 0 saturated heterocycles. The van der Waals surface area contributed by atoms with Gasteiger partial charge in [-0.3, -0.25) is 9.36 Å². The van der Waals surface area contributed by atoms with Crippen molar-refractivity contribution in [3.8, 4) is 0 Å². The molecule has 0 bridgehead atoms. The molecule has 0 saturated carbocycles. The molecule has 8 heteroatoms. The predicted octanol–water partition coefficient (Wildman–Crippen LogP) is 3.64. The zero-order chi connectivity index (χ0) is 16.7. The van der Waals surface area contributed by atoms with Crippen LogP contribution in [0.5, 0.6) is 0 Å². The summed E-state index contributed by atoms with van der Waals surface area (Å²) in [5, 5.41) is 5.21. The summed E-state index contributed by atoms with van der Waals surface area (Å²) in [5.41, 5.74) is 1.05. The van der Waals surface area contributed by atoms with Gasteiger partial charge in [0, 0.05) is 10.9 Å². The summed E-state index contributed by atoms with van der Waals surface area (Å²) >= 11 is 3.01. The van der Waals surface area contributed by atoms with E-state index in [0.29, 0.717) is 22.6 Å². The Kier molecular flexibility index (Phi) is 4.29. The minimum atomic E-state index is 0.0241. The van der Waals surface area contributed by atoms with E-state index in [1.54, 1.807) is 22.8 Å². The Hall–Kier alpha value is -1.67. The van der Waals surface area contributed by atoms with Gasteiger partial charge >= 0.3 is 0 Å². The van der Waals surface area contributed by atoms with Crippen molar-refractivity contribution in [3.63, 3.8) is 0 Å². The fourth-order valence-electron chi connectivity index (χ4n) is 2.37. The van der Waals surface area contributed by atoms with Crippen molar-refractivity contribution in [1.82, 2.24) is 19.7 Å². The van der Waals surface area contributed by atoms with Crippen LogP contribution in [0.2, 0.25) is 0 Å². The van der Waals surface area contributed by atoms with Gasteiger partial charge in [-0.15, -0.1) is 11.3 Å². The zero-order valence-corrected chi connectivity index (χ0v) is 15.3. The van der Waals surface area contributed by atoms with Crippen LogP contribution in [0.3, 0.4) is 0 Å². The number of nitrogens with zero attached hydrogens (tertiary/aromatic N) is 4. The molecule has 0 aliphatic carbocycles. The van der Waals surface area contributed by atoms with E-state index in [1.807, 2.05) is 27.7 Å². The maximum absolute atomic E-state index is 12.9. The normalized spacial score (nSPS) is 11.7. The summed E-state index contributed by atoms with van der Waals surface area (Å²) in [4.78, 5) is 23.7. The van der Waals surface area contributed by atoms with Crippen LogP contribution in [-0.4, -0.2) is 19.7 Å². The SMILES string of the molecule is Cc1noc(CSc2nc3sc(C)c(C)c3c(=O)n2C(C)C)n1. The number of thiophene rings is 1. The smallest absolute Gasteiger partial charge is 0.263 e. The lowest BCUT2D eigenvalue weighted by molar-refractivity contribution is 0.386. The van der Waals surface area contributed by atoms with Gasteiger partial charge in [0.05, 0.1) is 11.1 Å². The molecule has 3 aromatic rings. The van der Waals surface area contributed by atoms with E-state index >= 15 is 0 Å². The molecule has 6 nitrogen and oxygen atoms in total. The predicted molar refractivity (Wildman–Crippen MR) is 92.3 cm³/mol. The van der Waals surface area contributed by atoms with Gasteiger partial charge in [0.15, 0.2) is 11.0 Å². The number of hydrogen-bond donors (Lipinski definition) is 0. The van der Waals surface area contributed by atoms with Crippen molar-refractivity contribution in [3.05, 3.63) is 32.5 Å². The van der Waals surface area contributed by atoms with Crippen LogP contribution in [0.4, 0.5) is 0 Å². The molecule has 3 rings (SSSR count). The first kappa shape index (κ1) is 16.2. The van der Waals surface area contributed by atoms with Gasteiger partial charge < -0.3 is 4.52 Å². The van der Waals surface area contributed by atoms with Crippen LogP contribution >= 0.6 is 23.1 Å². The summed E-state index contributed by atoms with van der Waals surface area (Å²) in [5.74, 6) is 1.64. The first-order valence-electron chi connectivity index (χ1n) is 7.32. The summed E-state index contributed by atoms with van der Waals surface area (Å²) in [7, 11) is 0. The van der Waals surface area contributed by atoms with Gasteiger partial charge in [-0.2, -0.15) is 4.98 Å². The molecule has 0 aliphatic rings. The lowest BCUT2D eigenvalue weighted by Gasteiger charge is -2.14. The van der Waals surface area contributed by atoms with Gasteiger partial charge in [0.1, 0.15) is 4.83 Å². The van der Waals surface area contributed by atoms with Crippen LogP contribution in [0, 0.1) is 20.8 Å². The maximum Gasteiger partial charge on any atom is 0.263 e. The topological polar surface area (TPSA) is 73.8 Å². The Bertz CT molecular complexity index is 924. The fourth-order valence-corrected chi connectivity index (χ4v) is 4.41. The highest BCUT2D eigenvalue weighted by molar-refractivity contribution is 7.98. The molecule has 0 aromatic carbocycles. The Labute approximate surface area is 141 Å². The van der Waals surface area contributed by atoms with E-state index in [1.165, 1.54) is 11.8 Å². The molecular weight excluding hydrogens is 332 g/mol. The van der Waals surface area contributed by atoms with E-state index in [2.05, 4.69) is 10.1 Å². The molecule has 0 atom stereocenters. The molecule has 122 valence electrons. The summed E-state index contributed by atoms with van der Waals surface area (Å²) in [6, 6.07) is 0.0333. The van der Waals surface area contributed by atoms with Gasteiger partial charge in [-0.25, -0.2) is 4.98 Å². The number of thioether (sulfide) groups is 1. The third-order valence-corrected chi connectivity index (χ3v) is 5.65. The molecule has 0 fully saturated rings. The zero-order valence-electron chi connectivity index (χ0n) is 13.7. The van der Waals surface area contributed by atoms with Crippen molar-refractivity contribution >= 4 is 33.3 Å². The first-order chi connectivity index (χ1) is 10.9. The number of aryl methyl sites for hydroxylation is 3. The number of hydrogen-bond acceptors (Lipinski definition) is 7. The van der Waals surface area contributed by atoms with E-state index in [0.717, 1.165) is 20.7 Å². The minimum absolute atomic E-state index is 0.0241. The highest BCUT2D eigenvalue weighted by Crippen LogP contribution is 2.30. The molecule has 0 aliphatic heterocycles. The van der Waals surface area contributed by atoms with Gasteiger partial charge in [-0.05, 0) is 40.2 Å². The standard InChI is InChI=1S/C15H18N4O2S2/c1-7(2)19-14(20)12-8(3)9(4)23-13(12)17-15(19)22-6-11-16-10(5)18-21-11/h7H,6H2,1-5H3. The van der Waals surface area contributed by atoms with E-state index < -0.39 is 0 Å². The van der Waals surface area contributed by atoms with Gasteiger partial charge in [0.2, 0.25) is 5.89 Å². The highest BCUT2D eigenvalue weighted by Gasteiger charge is 2.19. The molecular formula is C15H18N4O2S2. The van der Waals surface area contributed by atoms with Crippen LogP contribution in [0.15, 0.2) is 14.5 Å². The lowest BCUT2D eigenvalue weighted by Crippen LogP contribution is -2.24. The van der Waals surface area contributed by atoms with Crippen molar-refractivity contribution in [2.24, 2.45) is 0 Å². The molecule has 0 radical (unpaired) electrons. The molecule has 0 spiro atoms. The lowest BCUT2D eigenvalue weighted by atomic mass is 10.2. The fraction of sp³-hybridized carbons (Fsp3) is 0.467. The quantitative estimate of drug-likeness (QED) is 0.528. The monoisotopic (exact) mass is 350 g/mol. The third-order valence-electron chi connectivity index (χ3n) is 3.61. The van der Waals surface area contributed by atoms with Crippen LogP contribution < -0.4 is 5.56 Å². The molecule has 3 aromatic heterocycles. The largest absolute Gasteiger partial charge is 0.338 e. The van der Waals surface area contributed by atoms with Gasteiger partial charge in [0.25, 0.3) is 5.56 Å². The van der Waals surface area contributed by atoms with Crippen molar-refractivity contribution in [2.45, 2.75) is 51.6 Å². The second kappa shape index (κ2) is 6.09. The second-order valence-electron chi connectivity index (χ2n) is 5.65. The highest BCUT2D eigenvalue weighted by atomic mass is 32.2. The average Bonchev–Trinajstić information content (AvgIpc) is 3.00. The molecule has 23 heavy (non-hydrogen) atoms. The summed E-state index contributed by atoms with van der Waals surface area (Å²) < 4.78 is 6.88. The van der Waals surface area contributed by atoms with Crippen molar-refractivity contribution < 1.29 is 4.52 Å². The number of rotatable bonds is 4. The molecule has 0 amide bonds. The average molecular weight is 350 g/mol.